The maximum absolute atomic E-state index is 9.51. The summed E-state index contributed by atoms with van der Waals surface area (Å²) in [5.74, 6) is 0.363. The van der Waals surface area contributed by atoms with Gasteiger partial charge in [0, 0.05) is 31.7 Å². The van der Waals surface area contributed by atoms with E-state index >= 15 is 0 Å². The molecule has 3 heteroatoms. The highest BCUT2D eigenvalue weighted by Gasteiger charge is 2.27. The molecule has 1 heterocycles. The van der Waals surface area contributed by atoms with Gasteiger partial charge in [-0.3, -0.25) is 4.90 Å². The van der Waals surface area contributed by atoms with Crippen molar-refractivity contribution in [3.8, 4) is 0 Å². The lowest BCUT2D eigenvalue weighted by atomic mass is 9.92. The quantitative estimate of drug-likeness (QED) is 0.828. The molecule has 1 aliphatic heterocycles. The van der Waals surface area contributed by atoms with E-state index in [1.807, 2.05) is 0 Å². The predicted octanol–water partition coefficient (Wildman–Crippen LogP) is 1.48. The largest absolute Gasteiger partial charge is 0.396 e. The highest BCUT2D eigenvalue weighted by molar-refractivity contribution is 5.14. The molecule has 18 heavy (non-hydrogen) atoms. The Morgan fingerprint density at radius 3 is 2.78 bits per heavy atom. The number of hydrogen-bond donors (Lipinski definition) is 2. The van der Waals surface area contributed by atoms with Gasteiger partial charge in [0.25, 0.3) is 0 Å². The summed E-state index contributed by atoms with van der Waals surface area (Å²) in [5.41, 5.74) is 1.36. The van der Waals surface area contributed by atoms with Gasteiger partial charge in [-0.1, -0.05) is 37.3 Å². The lowest BCUT2D eigenvalue weighted by Gasteiger charge is -2.38. The Labute approximate surface area is 110 Å². The van der Waals surface area contributed by atoms with Crippen LogP contribution in [0.15, 0.2) is 30.3 Å². The second-order valence-electron chi connectivity index (χ2n) is 5.12. The molecule has 3 nitrogen and oxygen atoms in total. The molecule has 1 aliphatic rings. The Bertz CT molecular complexity index is 342. The van der Waals surface area contributed by atoms with E-state index in [4.69, 9.17) is 0 Å². The van der Waals surface area contributed by atoms with Crippen molar-refractivity contribution in [2.75, 3.05) is 26.2 Å². The van der Waals surface area contributed by atoms with Crippen molar-refractivity contribution in [1.29, 1.82) is 0 Å². The molecule has 1 saturated heterocycles. The van der Waals surface area contributed by atoms with Gasteiger partial charge in [0.2, 0.25) is 0 Å². The van der Waals surface area contributed by atoms with E-state index in [-0.39, 0.29) is 6.61 Å². The lowest BCUT2D eigenvalue weighted by molar-refractivity contribution is 0.0863. The van der Waals surface area contributed by atoms with Crippen LogP contribution in [-0.4, -0.2) is 42.3 Å². The third-order valence-corrected chi connectivity index (χ3v) is 3.77. The van der Waals surface area contributed by atoms with Crippen LogP contribution in [0.25, 0.3) is 0 Å². The second kappa shape index (κ2) is 6.88. The third-order valence-electron chi connectivity index (χ3n) is 3.77. The Morgan fingerprint density at radius 2 is 2.11 bits per heavy atom. The normalized spacial score (nSPS) is 25.2. The van der Waals surface area contributed by atoms with Gasteiger partial charge in [-0.25, -0.2) is 0 Å². The van der Waals surface area contributed by atoms with E-state index in [1.54, 1.807) is 0 Å². The summed E-state index contributed by atoms with van der Waals surface area (Å²) in [7, 11) is 0. The van der Waals surface area contributed by atoms with Crippen LogP contribution >= 0.6 is 0 Å². The minimum atomic E-state index is 0.281. The summed E-state index contributed by atoms with van der Waals surface area (Å²) in [6.45, 7) is 6.50. The summed E-state index contributed by atoms with van der Waals surface area (Å²) in [6.07, 6.45) is 1.13. The monoisotopic (exact) mass is 248 g/mol. The zero-order chi connectivity index (χ0) is 12.8. The number of likely N-dealkylation sites (tertiary alicyclic amines) is 1. The van der Waals surface area contributed by atoms with Crippen LogP contribution in [0, 0.1) is 5.92 Å². The molecule has 2 N–H and O–H groups in total. The number of aliphatic hydroxyl groups excluding tert-OH is 1. The fourth-order valence-electron chi connectivity index (χ4n) is 2.81. The van der Waals surface area contributed by atoms with Crippen molar-refractivity contribution in [3.05, 3.63) is 35.9 Å². The van der Waals surface area contributed by atoms with Crippen LogP contribution in [0.1, 0.15) is 18.9 Å². The van der Waals surface area contributed by atoms with E-state index in [2.05, 4.69) is 47.5 Å². The van der Waals surface area contributed by atoms with Gasteiger partial charge in [0.15, 0.2) is 0 Å². The van der Waals surface area contributed by atoms with E-state index in [0.717, 1.165) is 32.6 Å². The first-order valence-electron chi connectivity index (χ1n) is 6.94. The molecule has 2 atom stereocenters. The van der Waals surface area contributed by atoms with Crippen molar-refractivity contribution < 1.29 is 5.11 Å². The minimum Gasteiger partial charge on any atom is -0.396 e. The fraction of sp³-hybridized carbons (Fsp3) is 0.600. The first kappa shape index (κ1) is 13.5. The van der Waals surface area contributed by atoms with E-state index in [1.165, 1.54) is 5.56 Å². The smallest absolute Gasteiger partial charge is 0.0486 e. The van der Waals surface area contributed by atoms with Gasteiger partial charge < -0.3 is 10.4 Å². The summed E-state index contributed by atoms with van der Waals surface area (Å²) >= 11 is 0. The minimum absolute atomic E-state index is 0.281. The Kier molecular flexibility index (Phi) is 5.17. The predicted molar refractivity (Wildman–Crippen MR) is 74.4 cm³/mol. The molecular weight excluding hydrogens is 224 g/mol. The standard InChI is InChI=1S/C15H24N2O/c1-2-16-15-8-9-17(11-14(15)12-18)10-13-6-4-3-5-7-13/h3-7,14-16,18H,2,8-12H2,1H3. The molecule has 1 aromatic carbocycles. The SMILES string of the molecule is CCNC1CCN(Cc2ccccc2)CC1CO. The van der Waals surface area contributed by atoms with Gasteiger partial charge in [-0.2, -0.15) is 0 Å². The van der Waals surface area contributed by atoms with Crippen molar-refractivity contribution >= 4 is 0 Å². The van der Waals surface area contributed by atoms with Crippen molar-refractivity contribution in [2.24, 2.45) is 5.92 Å². The number of piperidine rings is 1. The molecule has 0 saturated carbocycles. The van der Waals surface area contributed by atoms with E-state index in [0.29, 0.717) is 12.0 Å². The van der Waals surface area contributed by atoms with Crippen molar-refractivity contribution in [2.45, 2.75) is 25.9 Å². The van der Waals surface area contributed by atoms with Crippen LogP contribution in [0.5, 0.6) is 0 Å². The molecule has 2 rings (SSSR count). The number of nitrogens with one attached hydrogen (secondary N) is 1. The van der Waals surface area contributed by atoms with Crippen LogP contribution in [0.3, 0.4) is 0 Å². The zero-order valence-corrected chi connectivity index (χ0v) is 11.2. The Hall–Kier alpha value is -0.900. The van der Waals surface area contributed by atoms with Gasteiger partial charge in [0.05, 0.1) is 0 Å². The van der Waals surface area contributed by atoms with E-state index < -0.39 is 0 Å². The topological polar surface area (TPSA) is 35.5 Å². The number of rotatable bonds is 5. The van der Waals surface area contributed by atoms with Crippen LogP contribution in [0.4, 0.5) is 0 Å². The van der Waals surface area contributed by atoms with Gasteiger partial charge in [-0.05, 0) is 25.1 Å². The molecule has 0 bridgehead atoms. The van der Waals surface area contributed by atoms with E-state index in [9.17, 15) is 5.11 Å². The van der Waals surface area contributed by atoms with Crippen LogP contribution in [-0.2, 0) is 6.54 Å². The average molecular weight is 248 g/mol. The molecule has 1 aromatic rings. The Morgan fingerprint density at radius 1 is 1.33 bits per heavy atom. The van der Waals surface area contributed by atoms with Crippen molar-refractivity contribution in [1.82, 2.24) is 10.2 Å². The van der Waals surface area contributed by atoms with Crippen molar-refractivity contribution in [3.63, 3.8) is 0 Å². The summed E-state index contributed by atoms with van der Waals surface area (Å²) in [4.78, 5) is 2.45. The molecule has 1 fully saturated rings. The second-order valence-corrected chi connectivity index (χ2v) is 5.12. The highest BCUT2D eigenvalue weighted by Crippen LogP contribution is 2.18. The molecule has 0 radical (unpaired) electrons. The molecule has 0 aromatic heterocycles. The number of nitrogens with zero attached hydrogens (tertiary/aromatic N) is 1. The number of aliphatic hydroxyl groups is 1. The summed E-state index contributed by atoms with van der Waals surface area (Å²) in [5, 5.41) is 13.0. The lowest BCUT2D eigenvalue weighted by Crippen LogP contribution is -2.50. The zero-order valence-electron chi connectivity index (χ0n) is 11.2. The summed E-state index contributed by atoms with van der Waals surface area (Å²) in [6, 6.07) is 11.0. The number of hydrogen-bond acceptors (Lipinski definition) is 3. The average Bonchev–Trinajstić information content (AvgIpc) is 2.42. The first-order valence-corrected chi connectivity index (χ1v) is 6.94. The molecule has 2 unspecified atom stereocenters. The highest BCUT2D eigenvalue weighted by atomic mass is 16.3. The van der Waals surface area contributed by atoms with Crippen LogP contribution < -0.4 is 5.32 Å². The van der Waals surface area contributed by atoms with Gasteiger partial charge in [-0.15, -0.1) is 0 Å². The molecular formula is C15H24N2O. The first-order chi connectivity index (χ1) is 8.83. The van der Waals surface area contributed by atoms with Crippen LogP contribution in [0.2, 0.25) is 0 Å². The molecule has 0 spiro atoms. The maximum Gasteiger partial charge on any atom is 0.0486 e. The molecule has 0 amide bonds. The Balaban J connectivity index is 1.89. The molecule has 100 valence electrons. The fourth-order valence-corrected chi connectivity index (χ4v) is 2.81. The van der Waals surface area contributed by atoms with Gasteiger partial charge >= 0.3 is 0 Å². The summed E-state index contributed by atoms with van der Waals surface area (Å²) < 4.78 is 0. The number of benzene rings is 1. The molecule has 0 aliphatic carbocycles. The third kappa shape index (κ3) is 3.55. The maximum atomic E-state index is 9.51. The van der Waals surface area contributed by atoms with Gasteiger partial charge in [0.1, 0.15) is 0 Å².